The molecular formula is C11H17NO. The zero-order valence-corrected chi connectivity index (χ0v) is 8.49. The van der Waals surface area contributed by atoms with Crippen LogP contribution in [0.2, 0.25) is 0 Å². The van der Waals surface area contributed by atoms with E-state index >= 15 is 0 Å². The van der Waals surface area contributed by atoms with Gasteiger partial charge >= 0.3 is 0 Å². The number of hydrogen-bond donors (Lipinski definition) is 1. The first-order valence-electron chi connectivity index (χ1n) is 4.66. The van der Waals surface area contributed by atoms with Crippen molar-refractivity contribution in [3.05, 3.63) is 29.8 Å². The fourth-order valence-corrected chi connectivity index (χ4v) is 1.40. The first-order chi connectivity index (χ1) is 6.15. The zero-order chi connectivity index (χ0) is 9.84. The molecule has 0 spiro atoms. The first-order valence-corrected chi connectivity index (χ1v) is 4.66. The van der Waals surface area contributed by atoms with Gasteiger partial charge in [-0.05, 0) is 32.9 Å². The molecule has 0 aromatic heterocycles. The molecule has 0 saturated heterocycles. The van der Waals surface area contributed by atoms with Crippen molar-refractivity contribution in [1.29, 1.82) is 0 Å². The lowest BCUT2D eigenvalue weighted by Crippen LogP contribution is -2.32. The van der Waals surface area contributed by atoms with Gasteiger partial charge in [-0.2, -0.15) is 0 Å². The van der Waals surface area contributed by atoms with Crippen molar-refractivity contribution >= 4 is 5.69 Å². The normalized spacial score (nSPS) is 12.6. The maximum atomic E-state index is 9.46. The molecule has 1 N–H and O–H groups in total. The van der Waals surface area contributed by atoms with E-state index < -0.39 is 6.23 Å². The van der Waals surface area contributed by atoms with Gasteiger partial charge in [0.15, 0.2) is 0 Å². The van der Waals surface area contributed by atoms with Crippen molar-refractivity contribution in [2.45, 2.75) is 27.0 Å². The summed E-state index contributed by atoms with van der Waals surface area (Å²) in [4.78, 5) is 1.94. The van der Waals surface area contributed by atoms with Gasteiger partial charge in [0.05, 0.1) is 0 Å². The largest absolute Gasteiger partial charge is 0.374 e. The number of nitrogens with zero attached hydrogens (tertiary/aromatic N) is 1. The highest BCUT2D eigenvalue weighted by atomic mass is 16.3. The number of anilines is 1. The molecule has 1 rings (SSSR count). The predicted octanol–water partition coefficient (Wildman–Crippen LogP) is 2.16. The summed E-state index contributed by atoms with van der Waals surface area (Å²) in [7, 11) is 0. The fraction of sp³-hybridized carbons (Fsp3) is 0.455. The number of aliphatic hydroxyl groups is 1. The molecule has 0 amide bonds. The first kappa shape index (κ1) is 10.1. The van der Waals surface area contributed by atoms with Gasteiger partial charge in [-0.1, -0.05) is 17.7 Å². The molecular weight excluding hydrogens is 162 g/mol. The fourth-order valence-electron chi connectivity index (χ4n) is 1.40. The third kappa shape index (κ3) is 2.46. The topological polar surface area (TPSA) is 23.5 Å². The van der Waals surface area contributed by atoms with Gasteiger partial charge in [-0.3, -0.25) is 0 Å². The summed E-state index contributed by atoms with van der Waals surface area (Å²) < 4.78 is 0. The van der Waals surface area contributed by atoms with Crippen LogP contribution >= 0.6 is 0 Å². The van der Waals surface area contributed by atoms with E-state index in [9.17, 15) is 5.11 Å². The summed E-state index contributed by atoms with van der Waals surface area (Å²) in [6.07, 6.45) is -0.423. The van der Waals surface area contributed by atoms with E-state index in [2.05, 4.69) is 19.1 Å². The standard InChI is InChI=1S/C11H17NO/c1-4-12(10(3)13)11-7-5-9(2)6-8-11/h5-8,10,13H,4H2,1-3H3. The van der Waals surface area contributed by atoms with E-state index in [0.717, 1.165) is 12.2 Å². The van der Waals surface area contributed by atoms with Crippen LogP contribution in [0.4, 0.5) is 5.69 Å². The Hall–Kier alpha value is -1.02. The van der Waals surface area contributed by atoms with Crippen molar-refractivity contribution in [2.75, 3.05) is 11.4 Å². The Morgan fingerprint density at radius 2 is 1.85 bits per heavy atom. The minimum Gasteiger partial charge on any atom is -0.374 e. The smallest absolute Gasteiger partial charge is 0.124 e. The Labute approximate surface area is 79.8 Å². The average molecular weight is 179 g/mol. The van der Waals surface area contributed by atoms with Gasteiger partial charge in [-0.15, -0.1) is 0 Å². The lowest BCUT2D eigenvalue weighted by Gasteiger charge is -2.26. The number of rotatable bonds is 3. The van der Waals surface area contributed by atoms with Crippen LogP contribution in [0, 0.1) is 6.92 Å². The number of aryl methyl sites for hydroxylation is 1. The second-order valence-electron chi connectivity index (χ2n) is 3.25. The molecule has 0 bridgehead atoms. The molecule has 0 aliphatic rings. The molecule has 13 heavy (non-hydrogen) atoms. The Morgan fingerprint density at radius 3 is 2.23 bits per heavy atom. The Morgan fingerprint density at radius 1 is 1.31 bits per heavy atom. The summed E-state index contributed by atoms with van der Waals surface area (Å²) in [5, 5.41) is 9.46. The van der Waals surface area contributed by atoms with E-state index in [0.29, 0.717) is 0 Å². The lowest BCUT2D eigenvalue weighted by molar-refractivity contribution is 0.190. The molecule has 2 heteroatoms. The summed E-state index contributed by atoms with van der Waals surface area (Å²) in [5.41, 5.74) is 2.31. The molecule has 0 radical (unpaired) electrons. The minimum atomic E-state index is -0.423. The highest BCUT2D eigenvalue weighted by molar-refractivity contribution is 5.47. The van der Waals surface area contributed by atoms with E-state index in [-0.39, 0.29) is 0 Å². The van der Waals surface area contributed by atoms with E-state index in [1.165, 1.54) is 5.56 Å². The van der Waals surface area contributed by atoms with Crippen LogP contribution in [0.25, 0.3) is 0 Å². The van der Waals surface area contributed by atoms with Crippen LogP contribution in [0.3, 0.4) is 0 Å². The van der Waals surface area contributed by atoms with Crippen LogP contribution in [0.1, 0.15) is 19.4 Å². The number of aliphatic hydroxyl groups excluding tert-OH is 1. The summed E-state index contributed by atoms with van der Waals surface area (Å²) >= 11 is 0. The van der Waals surface area contributed by atoms with Crippen molar-refractivity contribution < 1.29 is 5.11 Å². The second-order valence-corrected chi connectivity index (χ2v) is 3.25. The van der Waals surface area contributed by atoms with Crippen molar-refractivity contribution in [3.8, 4) is 0 Å². The predicted molar refractivity (Wildman–Crippen MR) is 55.9 cm³/mol. The van der Waals surface area contributed by atoms with Crippen LogP contribution in [-0.4, -0.2) is 17.9 Å². The second kappa shape index (κ2) is 4.28. The summed E-state index contributed by atoms with van der Waals surface area (Å²) in [6.45, 7) is 6.69. The van der Waals surface area contributed by atoms with Gasteiger partial charge in [0.25, 0.3) is 0 Å². The maximum Gasteiger partial charge on any atom is 0.124 e. The van der Waals surface area contributed by atoms with Gasteiger partial charge in [0, 0.05) is 12.2 Å². The molecule has 0 fully saturated rings. The molecule has 1 unspecified atom stereocenters. The highest BCUT2D eigenvalue weighted by Gasteiger charge is 2.08. The van der Waals surface area contributed by atoms with Gasteiger partial charge in [0.1, 0.15) is 6.23 Å². The zero-order valence-electron chi connectivity index (χ0n) is 8.49. The van der Waals surface area contributed by atoms with Gasteiger partial charge in [0.2, 0.25) is 0 Å². The Kier molecular flexibility index (Phi) is 3.32. The molecule has 0 heterocycles. The molecule has 0 aliphatic carbocycles. The summed E-state index contributed by atoms with van der Waals surface area (Å²) in [5.74, 6) is 0. The quantitative estimate of drug-likeness (QED) is 0.719. The van der Waals surface area contributed by atoms with Crippen molar-refractivity contribution in [2.24, 2.45) is 0 Å². The van der Waals surface area contributed by atoms with Crippen molar-refractivity contribution in [1.82, 2.24) is 0 Å². The average Bonchev–Trinajstić information content (AvgIpc) is 2.09. The van der Waals surface area contributed by atoms with E-state index in [4.69, 9.17) is 0 Å². The molecule has 1 aromatic carbocycles. The molecule has 0 saturated carbocycles. The van der Waals surface area contributed by atoms with Gasteiger partial charge < -0.3 is 10.0 Å². The van der Waals surface area contributed by atoms with Crippen LogP contribution in [0.5, 0.6) is 0 Å². The van der Waals surface area contributed by atoms with Gasteiger partial charge in [-0.25, -0.2) is 0 Å². The van der Waals surface area contributed by atoms with E-state index in [1.54, 1.807) is 6.92 Å². The van der Waals surface area contributed by atoms with Crippen LogP contribution < -0.4 is 4.90 Å². The third-order valence-electron chi connectivity index (χ3n) is 2.16. The summed E-state index contributed by atoms with van der Waals surface area (Å²) in [6, 6.07) is 8.18. The Balaban J connectivity index is 2.86. The number of hydrogen-bond acceptors (Lipinski definition) is 2. The highest BCUT2D eigenvalue weighted by Crippen LogP contribution is 2.16. The van der Waals surface area contributed by atoms with Crippen molar-refractivity contribution in [3.63, 3.8) is 0 Å². The van der Waals surface area contributed by atoms with E-state index in [1.807, 2.05) is 24.0 Å². The molecule has 2 nitrogen and oxygen atoms in total. The minimum absolute atomic E-state index is 0.423. The lowest BCUT2D eigenvalue weighted by atomic mass is 10.2. The molecule has 1 atom stereocenters. The number of benzene rings is 1. The van der Waals surface area contributed by atoms with Crippen LogP contribution in [-0.2, 0) is 0 Å². The third-order valence-corrected chi connectivity index (χ3v) is 2.16. The monoisotopic (exact) mass is 179 g/mol. The molecule has 72 valence electrons. The van der Waals surface area contributed by atoms with Crippen LogP contribution in [0.15, 0.2) is 24.3 Å². The molecule has 0 aliphatic heterocycles. The maximum absolute atomic E-state index is 9.46. The SMILES string of the molecule is CCN(c1ccc(C)cc1)C(C)O. The Bertz CT molecular complexity index is 253. The molecule has 1 aromatic rings.